The minimum Gasteiger partial charge on any atom is -0.293 e. The fourth-order valence-corrected chi connectivity index (χ4v) is 7.72. The van der Waals surface area contributed by atoms with Crippen molar-refractivity contribution in [3.8, 4) is 0 Å². The van der Waals surface area contributed by atoms with Crippen LogP contribution >= 0.6 is 34.4 Å². The number of rotatable bonds is 9. The van der Waals surface area contributed by atoms with Gasteiger partial charge in [0.25, 0.3) is 11.4 Å². The molecule has 0 bridgehead atoms. The number of aromatic nitrogens is 2. The summed E-state index contributed by atoms with van der Waals surface area (Å²) in [5, 5.41) is 4.11. The van der Waals surface area contributed by atoms with Gasteiger partial charge in [-0.05, 0) is 66.1 Å². The first-order chi connectivity index (χ1) is 17.3. The first-order valence-corrected chi connectivity index (χ1v) is 15.2. The first kappa shape index (κ1) is 25.4. The Balaban J connectivity index is 1.57. The van der Waals surface area contributed by atoms with E-state index >= 15 is 0 Å². The minimum atomic E-state index is -0.493. The molecule has 1 aliphatic heterocycles. The van der Waals surface area contributed by atoms with Crippen LogP contribution in [0.4, 0.5) is 0 Å². The summed E-state index contributed by atoms with van der Waals surface area (Å²) >= 11 is 4.25. The van der Waals surface area contributed by atoms with Gasteiger partial charge in [0.15, 0.2) is 5.78 Å². The van der Waals surface area contributed by atoms with Crippen molar-refractivity contribution in [1.82, 2.24) is 8.75 Å². The van der Waals surface area contributed by atoms with E-state index in [1.54, 1.807) is 22.7 Å². The highest BCUT2D eigenvalue weighted by atomic mass is 32.1. The molecule has 36 heavy (non-hydrogen) atoms. The van der Waals surface area contributed by atoms with Crippen LogP contribution in [-0.4, -0.2) is 19.3 Å². The Morgan fingerprint density at radius 2 is 1.72 bits per heavy atom. The Kier molecular flexibility index (Phi) is 7.21. The molecule has 0 spiro atoms. The number of nitrogens with zero attached hydrogens (tertiary/aromatic N) is 3. The molecular formula is C28H32N3O2S3+. The van der Waals surface area contributed by atoms with Gasteiger partial charge < -0.3 is 0 Å². The number of ketones is 1. The summed E-state index contributed by atoms with van der Waals surface area (Å²) < 4.78 is 10.3. The highest BCUT2D eigenvalue weighted by Gasteiger charge is 2.53. The first-order valence-electron chi connectivity index (χ1n) is 12.7. The summed E-state index contributed by atoms with van der Waals surface area (Å²) in [5.74, 6) is 0.690. The van der Waals surface area contributed by atoms with Gasteiger partial charge in [0, 0.05) is 16.2 Å². The summed E-state index contributed by atoms with van der Waals surface area (Å²) in [6.07, 6.45) is 5.04. The zero-order valence-electron chi connectivity index (χ0n) is 21.5. The largest absolute Gasteiger partial charge is 0.293 e. The monoisotopic (exact) mass is 538 g/mol. The van der Waals surface area contributed by atoms with Crippen molar-refractivity contribution in [2.24, 2.45) is 11.8 Å². The standard InChI is InChI=1S/C28H32N3O2S3/c1-15(2)7-6-8-16(3)9-10-19-22-24(27(31(19)33)21-12-18(5)14-35-21)26-25(29-36-30-26)23(28(22)32)20-11-17(4)13-34-20/h11-16,23H,6-10H2,1-5H3/q+1. The van der Waals surface area contributed by atoms with Crippen molar-refractivity contribution in [3.63, 3.8) is 0 Å². The molecular weight excluding hydrogens is 507 g/mol. The van der Waals surface area contributed by atoms with E-state index in [1.807, 2.05) is 25.3 Å². The molecule has 2 unspecified atom stereocenters. The predicted molar refractivity (Wildman–Crippen MR) is 149 cm³/mol. The Bertz CT molecular complexity index is 1390. The summed E-state index contributed by atoms with van der Waals surface area (Å²) in [7, 11) is 0. The average molecular weight is 539 g/mol. The molecule has 5 rings (SSSR count). The molecule has 0 N–H and O–H groups in total. The van der Waals surface area contributed by atoms with Gasteiger partial charge >= 0.3 is 0 Å². The SMILES string of the molecule is Cc1csc(C2=C3C(=C(CCC(C)CCCC(C)C)[N+]2=O)C(=O)C(c2cc(C)cs2)c2nsnc23)c1. The van der Waals surface area contributed by atoms with E-state index < -0.39 is 5.92 Å². The molecule has 0 aromatic carbocycles. The highest BCUT2D eigenvalue weighted by Crippen LogP contribution is 2.52. The average Bonchev–Trinajstić information content (AvgIpc) is 3.60. The number of hydrogen-bond acceptors (Lipinski definition) is 7. The number of thiophene rings is 2. The second-order valence-electron chi connectivity index (χ2n) is 10.6. The van der Waals surface area contributed by atoms with E-state index in [0.717, 1.165) is 50.2 Å². The fourth-order valence-electron chi connectivity index (χ4n) is 5.20. The predicted octanol–water partition coefficient (Wildman–Crippen LogP) is 8.15. The molecule has 0 amide bonds. The molecule has 4 heterocycles. The summed E-state index contributed by atoms with van der Waals surface area (Å²) in [5.41, 5.74) is 6.04. The van der Waals surface area contributed by atoms with Crippen molar-refractivity contribution in [1.29, 1.82) is 0 Å². The van der Waals surface area contributed by atoms with Crippen molar-refractivity contribution in [3.05, 3.63) is 71.3 Å². The molecule has 0 saturated carbocycles. The molecule has 0 fully saturated rings. The molecule has 188 valence electrons. The Hall–Kier alpha value is -2.29. The van der Waals surface area contributed by atoms with Gasteiger partial charge in [-0.2, -0.15) is 8.75 Å². The van der Waals surface area contributed by atoms with Crippen LogP contribution in [0.25, 0.3) is 11.3 Å². The van der Waals surface area contributed by atoms with Gasteiger partial charge in [-0.1, -0.05) is 40.0 Å². The third-order valence-electron chi connectivity index (χ3n) is 7.11. The molecule has 2 aliphatic rings. The maximum Gasteiger partial charge on any atom is 0.290 e. The molecule has 8 heteroatoms. The minimum absolute atomic E-state index is 0.0151. The molecule has 1 aliphatic carbocycles. The van der Waals surface area contributed by atoms with Crippen LogP contribution in [0, 0.1) is 30.6 Å². The van der Waals surface area contributed by atoms with Crippen molar-refractivity contribution in [2.45, 2.75) is 72.6 Å². The van der Waals surface area contributed by atoms with E-state index in [1.165, 1.54) is 12.8 Å². The summed E-state index contributed by atoms with van der Waals surface area (Å²) in [6.45, 7) is 10.8. The lowest BCUT2D eigenvalue weighted by atomic mass is 9.79. The van der Waals surface area contributed by atoms with Crippen molar-refractivity contribution < 1.29 is 9.55 Å². The smallest absolute Gasteiger partial charge is 0.290 e. The molecule has 2 atom stereocenters. The Morgan fingerprint density at radius 1 is 0.972 bits per heavy atom. The molecule has 3 aromatic rings. The zero-order chi connectivity index (χ0) is 25.6. The third kappa shape index (κ3) is 4.59. The molecule has 0 radical (unpaired) electrons. The van der Waals surface area contributed by atoms with Crippen LogP contribution in [0.2, 0.25) is 0 Å². The summed E-state index contributed by atoms with van der Waals surface area (Å²) in [4.78, 5) is 30.0. The maximum atomic E-state index is 14.2. The Labute approximate surface area is 224 Å². The van der Waals surface area contributed by atoms with Crippen LogP contribution in [0.3, 0.4) is 0 Å². The third-order valence-corrected chi connectivity index (χ3v) is 9.82. The Morgan fingerprint density at radius 3 is 2.39 bits per heavy atom. The van der Waals surface area contributed by atoms with Gasteiger partial charge in [0.05, 0.1) is 27.8 Å². The normalized spacial score (nSPS) is 18.4. The molecule has 5 nitrogen and oxygen atoms in total. The van der Waals surface area contributed by atoms with Crippen LogP contribution < -0.4 is 0 Å². The van der Waals surface area contributed by atoms with E-state index in [-0.39, 0.29) is 5.78 Å². The van der Waals surface area contributed by atoms with Gasteiger partial charge in [-0.15, -0.1) is 22.7 Å². The number of carbonyl (C=O) groups is 1. The molecule has 3 aromatic heterocycles. The number of carbonyl (C=O) groups excluding carboxylic acids is 1. The van der Waals surface area contributed by atoms with E-state index in [0.29, 0.717) is 52.2 Å². The topological polar surface area (TPSA) is 62.9 Å². The number of nitroso groups, excluding NO2 is 1. The van der Waals surface area contributed by atoms with E-state index in [9.17, 15) is 9.70 Å². The highest BCUT2D eigenvalue weighted by molar-refractivity contribution is 7.11. The second-order valence-corrected chi connectivity index (χ2v) is 13.0. The van der Waals surface area contributed by atoms with Gasteiger partial charge in [-0.3, -0.25) is 4.79 Å². The zero-order valence-corrected chi connectivity index (χ0v) is 23.9. The number of hydrogen-bond donors (Lipinski definition) is 0. The molecule has 0 saturated heterocycles. The lowest BCUT2D eigenvalue weighted by molar-refractivity contribution is -0.397. The fraction of sp³-hybridized carbons (Fsp3) is 0.464. The number of fused-ring (bicyclic) bond motifs is 3. The van der Waals surface area contributed by atoms with Crippen LogP contribution in [0.1, 0.15) is 91.1 Å². The lowest BCUT2D eigenvalue weighted by Crippen LogP contribution is -2.23. The van der Waals surface area contributed by atoms with E-state index in [2.05, 4.69) is 41.0 Å². The van der Waals surface area contributed by atoms with Crippen molar-refractivity contribution >= 4 is 51.5 Å². The van der Waals surface area contributed by atoms with Crippen LogP contribution in [0.15, 0.2) is 34.2 Å². The maximum absolute atomic E-state index is 14.2. The van der Waals surface area contributed by atoms with Crippen LogP contribution in [-0.2, 0) is 4.79 Å². The number of allylic oxidation sites excluding steroid dienone is 3. The van der Waals surface area contributed by atoms with Gasteiger partial charge in [0.2, 0.25) is 0 Å². The second kappa shape index (κ2) is 10.2. The lowest BCUT2D eigenvalue weighted by Gasteiger charge is -2.20. The summed E-state index contributed by atoms with van der Waals surface area (Å²) in [6, 6.07) is 4.10. The van der Waals surface area contributed by atoms with E-state index in [4.69, 9.17) is 0 Å². The number of Topliss-reactive ketones (excluding diaryl/α,β-unsaturated/α-hetero) is 1. The van der Waals surface area contributed by atoms with Gasteiger partial charge in [-0.25, -0.2) is 0 Å². The quantitative estimate of drug-likeness (QED) is 0.258. The van der Waals surface area contributed by atoms with Gasteiger partial charge in [0.1, 0.15) is 22.1 Å². The van der Waals surface area contributed by atoms with Crippen LogP contribution in [0.5, 0.6) is 0 Å². The van der Waals surface area contributed by atoms with Crippen molar-refractivity contribution in [2.75, 3.05) is 0 Å². The number of aryl methyl sites for hydroxylation is 2.